The van der Waals surface area contributed by atoms with Gasteiger partial charge in [-0.25, -0.2) is 4.98 Å². The number of aryl methyl sites for hydroxylation is 1. The van der Waals surface area contributed by atoms with Gasteiger partial charge in [-0.1, -0.05) is 29.8 Å². The Hall–Kier alpha value is -2.44. The Balaban J connectivity index is 1.43. The number of rotatable bonds is 5. The molecule has 1 saturated heterocycles. The van der Waals surface area contributed by atoms with Gasteiger partial charge >= 0.3 is 0 Å². The van der Waals surface area contributed by atoms with Crippen molar-refractivity contribution in [3.05, 3.63) is 51.4 Å². The van der Waals surface area contributed by atoms with Crippen LogP contribution in [0.4, 0.5) is 5.95 Å². The van der Waals surface area contributed by atoms with Crippen LogP contribution in [0.2, 0.25) is 5.02 Å². The molecule has 4 aliphatic carbocycles. The Kier molecular flexibility index (Phi) is 5.40. The van der Waals surface area contributed by atoms with E-state index in [4.69, 9.17) is 21.3 Å². The molecule has 8 rings (SSSR count). The van der Waals surface area contributed by atoms with Gasteiger partial charge in [-0.05, 0) is 87.7 Å². The van der Waals surface area contributed by atoms with E-state index in [0.717, 1.165) is 60.9 Å². The maximum Gasteiger partial charge on any atom is 0.260 e. The SMILES string of the molecule is Cc1c(-c2ccccc2Cl)c(=O)n(C23CC4CC(CC(C4)C2)C3)c2nc(NC[C@H]3CCCO3)ncc12. The van der Waals surface area contributed by atoms with E-state index < -0.39 is 0 Å². The molecule has 188 valence electrons. The number of nitrogens with one attached hydrogen (secondary N) is 1. The van der Waals surface area contributed by atoms with E-state index in [-0.39, 0.29) is 17.2 Å². The summed E-state index contributed by atoms with van der Waals surface area (Å²) < 4.78 is 7.87. The molecule has 1 atom stereocenters. The Morgan fingerprint density at radius 1 is 1.14 bits per heavy atom. The molecule has 4 saturated carbocycles. The standard InChI is InChI=1S/C29H33ClN4O2/c1-17-23-16-32-28(31-15-21-5-4-8-36-21)33-26(23)34(27(35)25(17)22-6-2-3-7-24(22)30)29-12-18-9-19(13-29)11-20(10-18)14-29/h2-3,6-7,16,18-21H,4-5,8-15H2,1H3,(H,31,32,33)/t18?,19?,20?,21-,29?/m1/s1. The van der Waals surface area contributed by atoms with Gasteiger partial charge < -0.3 is 10.1 Å². The molecule has 3 heterocycles. The minimum atomic E-state index is -0.173. The molecule has 1 N–H and O–H groups in total. The Bertz CT molecular complexity index is 1360. The molecule has 0 unspecified atom stereocenters. The van der Waals surface area contributed by atoms with Crippen molar-refractivity contribution in [2.45, 2.75) is 69.9 Å². The number of aromatic nitrogens is 3. The van der Waals surface area contributed by atoms with Gasteiger partial charge in [0.1, 0.15) is 5.65 Å². The number of hydrogen-bond acceptors (Lipinski definition) is 5. The van der Waals surface area contributed by atoms with Crippen LogP contribution in [-0.4, -0.2) is 33.8 Å². The largest absolute Gasteiger partial charge is 0.376 e. The molecule has 7 heteroatoms. The fraction of sp³-hybridized carbons (Fsp3) is 0.552. The number of benzene rings is 1. The number of halogens is 1. The smallest absolute Gasteiger partial charge is 0.260 e. The molecule has 36 heavy (non-hydrogen) atoms. The first-order chi connectivity index (χ1) is 17.5. The average molecular weight is 505 g/mol. The summed E-state index contributed by atoms with van der Waals surface area (Å²) in [6, 6.07) is 7.69. The van der Waals surface area contributed by atoms with Crippen molar-refractivity contribution in [2.24, 2.45) is 17.8 Å². The molecule has 1 aromatic carbocycles. The molecule has 0 spiro atoms. The van der Waals surface area contributed by atoms with Gasteiger partial charge in [0.15, 0.2) is 0 Å². The van der Waals surface area contributed by atoms with Crippen LogP contribution in [0.3, 0.4) is 0 Å². The summed E-state index contributed by atoms with van der Waals surface area (Å²) in [4.78, 5) is 24.3. The summed E-state index contributed by atoms with van der Waals surface area (Å²) in [6.45, 7) is 3.51. The second kappa shape index (κ2) is 8.56. The Morgan fingerprint density at radius 2 is 1.86 bits per heavy atom. The summed E-state index contributed by atoms with van der Waals surface area (Å²) in [5.74, 6) is 2.70. The lowest BCUT2D eigenvalue weighted by atomic mass is 9.53. The highest BCUT2D eigenvalue weighted by Crippen LogP contribution is 2.59. The zero-order valence-corrected chi connectivity index (χ0v) is 21.6. The minimum Gasteiger partial charge on any atom is -0.376 e. The zero-order chi connectivity index (χ0) is 24.4. The summed E-state index contributed by atoms with van der Waals surface area (Å²) >= 11 is 6.65. The quantitative estimate of drug-likeness (QED) is 0.466. The lowest BCUT2D eigenvalue weighted by Crippen LogP contribution is -2.55. The first kappa shape index (κ1) is 22.7. The molecule has 3 aromatic rings. The normalized spacial score (nSPS) is 30.8. The molecule has 2 aromatic heterocycles. The number of nitrogens with zero attached hydrogens (tertiary/aromatic N) is 3. The molecule has 0 amide bonds. The van der Waals surface area contributed by atoms with Crippen LogP contribution in [0, 0.1) is 24.7 Å². The third-order valence-corrected chi connectivity index (χ3v) is 9.64. The molecule has 5 fully saturated rings. The second-order valence-electron chi connectivity index (χ2n) is 11.7. The third-order valence-electron chi connectivity index (χ3n) is 9.31. The van der Waals surface area contributed by atoms with E-state index in [1.807, 2.05) is 37.4 Å². The van der Waals surface area contributed by atoms with Gasteiger partial charge in [-0.15, -0.1) is 0 Å². The van der Waals surface area contributed by atoms with Crippen molar-refractivity contribution in [3.8, 4) is 11.1 Å². The lowest BCUT2D eigenvalue weighted by molar-refractivity contribution is -0.0426. The van der Waals surface area contributed by atoms with Crippen molar-refractivity contribution in [3.63, 3.8) is 0 Å². The van der Waals surface area contributed by atoms with Gasteiger partial charge in [-0.2, -0.15) is 4.98 Å². The topological polar surface area (TPSA) is 69.0 Å². The average Bonchev–Trinajstić information content (AvgIpc) is 3.37. The number of pyridine rings is 1. The lowest BCUT2D eigenvalue weighted by Gasteiger charge is -2.57. The predicted molar refractivity (Wildman–Crippen MR) is 143 cm³/mol. The van der Waals surface area contributed by atoms with Gasteiger partial charge in [-0.3, -0.25) is 9.36 Å². The van der Waals surface area contributed by atoms with E-state index in [1.165, 1.54) is 19.3 Å². The Morgan fingerprint density at radius 3 is 2.53 bits per heavy atom. The van der Waals surface area contributed by atoms with Crippen molar-refractivity contribution in [2.75, 3.05) is 18.5 Å². The predicted octanol–water partition coefficient (Wildman–Crippen LogP) is 5.94. The highest BCUT2D eigenvalue weighted by atomic mass is 35.5. The molecular formula is C29H33ClN4O2. The number of anilines is 1. The van der Waals surface area contributed by atoms with Crippen molar-refractivity contribution in [1.82, 2.24) is 14.5 Å². The fourth-order valence-electron chi connectivity index (χ4n) is 8.17. The zero-order valence-electron chi connectivity index (χ0n) is 20.8. The number of fused-ring (bicyclic) bond motifs is 1. The van der Waals surface area contributed by atoms with E-state index in [1.54, 1.807) is 0 Å². The molecule has 0 radical (unpaired) electrons. The summed E-state index contributed by atoms with van der Waals surface area (Å²) in [6.07, 6.45) is 11.4. The molecular weight excluding hydrogens is 472 g/mol. The second-order valence-corrected chi connectivity index (χ2v) is 12.1. The van der Waals surface area contributed by atoms with Gasteiger partial charge in [0.05, 0.1) is 17.2 Å². The summed E-state index contributed by atoms with van der Waals surface area (Å²) in [5, 5.41) is 4.93. The van der Waals surface area contributed by atoms with Crippen molar-refractivity contribution >= 4 is 28.6 Å². The Labute approximate surface area is 216 Å². The highest BCUT2D eigenvalue weighted by molar-refractivity contribution is 6.33. The van der Waals surface area contributed by atoms with Crippen LogP contribution in [0.1, 0.15) is 56.9 Å². The molecule has 6 nitrogen and oxygen atoms in total. The third kappa shape index (κ3) is 3.59. The minimum absolute atomic E-state index is 0.0406. The molecule has 5 aliphatic rings. The monoisotopic (exact) mass is 504 g/mol. The van der Waals surface area contributed by atoms with Crippen LogP contribution in [0.25, 0.3) is 22.2 Å². The van der Waals surface area contributed by atoms with Crippen LogP contribution in [0.5, 0.6) is 0 Å². The maximum atomic E-state index is 14.6. The first-order valence-corrected chi connectivity index (χ1v) is 13.9. The summed E-state index contributed by atoms with van der Waals surface area (Å²) in [5.41, 5.74) is 3.01. The van der Waals surface area contributed by atoms with Crippen molar-refractivity contribution in [1.29, 1.82) is 0 Å². The van der Waals surface area contributed by atoms with E-state index in [0.29, 0.717) is 40.8 Å². The highest BCUT2D eigenvalue weighted by Gasteiger charge is 2.53. The van der Waals surface area contributed by atoms with E-state index in [2.05, 4.69) is 14.9 Å². The molecule has 4 bridgehead atoms. The van der Waals surface area contributed by atoms with E-state index >= 15 is 0 Å². The summed E-state index contributed by atoms with van der Waals surface area (Å²) in [7, 11) is 0. The fourth-order valence-corrected chi connectivity index (χ4v) is 8.40. The van der Waals surface area contributed by atoms with Crippen LogP contribution in [-0.2, 0) is 10.3 Å². The maximum absolute atomic E-state index is 14.6. The van der Waals surface area contributed by atoms with Crippen LogP contribution in [0.15, 0.2) is 35.3 Å². The van der Waals surface area contributed by atoms with Gasteiger partial charge in [0.2, 0.25) is 5.95 Å². The van der Waals surface area contributed by atoms with Gasteiger partial charge in [0, 0.05) is 35.3 Å². The van der Waals surface area contributed by atoms with Crippen LogP contribution < -0.4 is 10.9 Å². The molecule has 1 aliphatic heterocycles. The number of ether oxygens (including phenoxy) is 1. The number of hydrogen-bond donors (Lipinski definition) is 1. The van der Waals surface area contributed by atoms with Crippen LogP contribution >= 0.6 is 11.6 Å². The first-order valence-electron chi connectivity index (χ1n) is 13.5. The van der Waals surface area contributed by atoms with Gasteiger partial charge in [0.25, 0.3) is 5.56 Å². The van der Waals surface area contributed by atoms with E-state index in [9.17, 15) is 4.79 Å². The van der Waals surface area contributed by atoms with Crippen molar-refractivity contribution < 1.29 is 4.74 Å².